The fourth-order valence-electron chi connectivity index (χ4n) is 2.53. The molecule has 2 aromatic rings. The number of carbonyl (C=O) groups excluding carboxylic acids is 1. The molecule has 1 atom stereocenters. The zero-order valence-corrected chi connectivity index (χ0v) is 16.1. The van der Waals surface area contributed by atoms with Crippen molar-refractivity contribution in [1.29, 1.82) is 0 Å². The molecule has 0 heterocycles. The number of nitrogens with one attached hydrogen (secondary N) is 1. The van der Waals surface area contributed by atoms with Crippen molar-refractivity contribution < 1.29 is 19.4 Å². The van der Waals surface area contributed by atoms with E-state index < -0.39 is 12.0 Å². The van der Waals surface area contributed by atoms with Gasteiger partial charge in [0, 0.05) is 20.5 Å². The van der Waals surface area contributed by atoms with Gasteiger partial charge >= 0.3 is 5.97 Å². The summed E-state index contributed by atoms with van der Waals surface area (Å²) in [4.78, 5) is 26.6. The quantitative estimate of drug-likeness (QED) is 0.642. The number of ether oxygens (including phenoxy) is 1. The smallest absolute Gasteiger partial charge is 0.303 e. The molecule has 6 nitrogen and oxygen atoms in total. The van der Waals surface area contributed by atoms with Crippen molar-refractivity contribution in [3.63, 3.8) is 0 Å². The average Bonchev–Trinajstić information content (AvgIpc) is 2.66. The van der Waals surface area contributed by atoms with E-state index in [9.17, 15) is 9.59 Å². The van der Waals surface area contributed by atoms with Crippen LogP contribution in [0.4, 0.5) is 0 Å². The zero-order chi connectivity index (χ0) is 19.8. The summed E-state index contributed by atoms with van der Waals surface area (Å²) in [7, 11) is 3.38. The van der Waals surface area contributed by atoms with Crippen LogP contribution in [0.15, 0.2) is 48.5 Å². The molecule has 1 amide bonds. The van der Waals surface area contributed by atoms with E-state index >= 15 is 0 Å². The van der Waals surface area contributed by atoms with E-state index in [1.807, 2.05) is 48.5 Å². The number of likely N-dealkylation sites (N-methyl/N-ethyl adjacent to an activating group) is 1. The molecule has 0 radical (unpaired) electrons. The van der Waals surface area contributed by atoms with Crippen molar-refractivity contribution in [3.8, 4) is 11.5 Å². The molecule has 7 heteroatoms. The van der Waals surface area contributed by atoms with Crippen molar-refractivity contribution in [1.82, 2.24) is 9.74 Å². The van der Waals surface area contributed by atoms with Gasteiger partial charge in [0.05, 0.1) is 0 Å². The van der Waals surface area contributed by atoms with Crippen LogP contribution in [0.1, 0.15) is 17.5 Å². The molecule has 2 N–H and O–H groups in total. The molecule has 0 aromatic heterocycles. The van der Waals surface area contributed by atoms with E-state index in [1.165, 1.54) is 4.90 Å². The second-order valence-electron chi connectivity index (χ2n) is 6.38. The van der Waals surface area contributed by atoms with Crippen molar-refractivity contribution in [2.75, 3.05) is 14.1 Å². The Labute approximate surface area is 163 Å². The molecular formula is C20H23ClN2O4. The van der Waals surface area contributed by atoms with E-state index in [2.05, 4.69) is 4.84 Å². The fourth-order valence-corrected chi connectivity index (χ4v) is 2.70. The van der Waals surface area contributed by atoms with Crippen LogP contribution >= 0.6 is 11.8 Å². The second-order valence-corrected chi connectivity index (χ2v) is 6.60. The summed E-state index contributed by atoms with van der Waals surface area (Å²) in [5.41, 5.74) is 1.91. The highest BCUT2D eigenvalue weighted by Gasteiger charge is 2.19. The van der Waals surface area contributed by atoms with Gasteiger partial charge in [-0.25, -0.2) is 4.84 Å². The molecule has 27 heavy (non-hydrogen) atoms. The first kappa shape index (κ1) is 20.7. The molecule has 2 aromatic carbocycles. The maximum absolute atomic E-state index is 12.0. The van der Waals surface area contributed by atoms with Crippen molar-refractivity contribution in [2.24, 2.45) is 0 Å². The van der Waals surface area contributed by atoms with Crippen molar-refractivity contribution in [2.45, 2.75) is 25.3 Å². The number of rotatable bonds is 9. The van der Waals surface area contributed by atoms with Crippen LogP contribution in [0.5, 0.6) is 11.5 Å². The molecular weight excluding hydrogens is 368 g/mol. The van der Waals surface area contributed by atoms with Crippen LogP contribution < -0.4 is 9.57 Å². The highest BCUT2D eigenvalue weighted by atomic mass is 35.5. The third kappa shape index (κ3) is 6.58. The van der Waals surface area contributed by atoms with Crippen molar-refractivity contribution in [3.05, 3.63) is 59.7 Å². The summed E-state index contributed by atoms with van der Waals surface area (Å²) < 4.78 is 5.80. The Bertz CT molecular complexity index is 761. The van der Waals surface area contributed by atoms with Gasteiger partial charge in [0.1, 0.15) is 17.5 Å². The van der Waals surface area contributed by atoms with E-state index in [0.29, 0.717) is 24.3 Å². The van der Waals surface area contributed by atoms with Gasteiger partial charge in [-0.15, -0.1) is 0 Å². The molecule has 2 rings (SSSR count). The Morgan fingerprint density at radius 2 is 1.56 bits per heavy atom. The van der Waals surface area contributed by atoms with Crippen LogP contribution in [-0.4, -0.2) is 42.0 Å². The lowest BCUT2D eigenvalue weighted by molar-refractivity contribution is -0.137. The minimum atomic E-state index is -0.811. The summed E-state index contributed by atoms with van der Waals surface area (Å²) in [6.45, 7) is 0. The van der Waals surface area contributed by atoms with Crippen LogP contribution in [0, 0.1) is 0 Å². The predicted molar refractivity (Wildman–Crippen MR) is 104 cm³/mol. The van der Waals surface area contributed by atoms with Gasteiger partial charge in [0.25, 0.3) is 0 Å². The second kappa shape index (κ2) is 9.94. The molecule has 0 aliphatic rings. The molecule has 0 saturated carbocycles. The number of halogens is 1. The van der Waals surface area contributed by atoms with E-state index in [-0.39, 0.29) is 12.3 Å². The maximum Gasteiger partial charge on any atom is 0.303 e. The fraction of sp³-hybridized carbons (Fsp3) is 0.300. The van der Waals surface area contributed by atoms with Gasteiger partial charge in [0.15, 0.2) is 0 Å². The maximum atomic E-state index is 12.0. The van der Waals surface area contributed by atoms with E-state index in [0.717, 1.165) is 11.1 Å². The topological polar surface area (TPSA) is 78.9 Å². The monoisotopic (exact) mass is 390 g/mol. The van der Waals surface area contributed by atoms with Crippen molar-refractivity contribution >= 4 is 23.7 Å². The van der Waals surface area contributed by atoms with Gasteiger partial charge in [-0.3, -0.25) is 9.59 Å². The Balaban J connectivity index is 1.95. The number of nitrogens with zero attached hydrogens (tertiary/aromatic N) is 1. The molecule has 0 bridgehead atoms. The lowest BCUT2D eigenvalue weighted by atomic mass is 10.1. The number of carbonyl (C=O) groups is 2. The average molecular weight is 391 g/mol. The van der Waals surface area contributed by atoms with Gasteiger partial charge in [-0.05, 0) is 60.0 Å². The normalized spacial score (nSPS) is 11.7. The Hall–Kier alpha value is -2.57. The standard InChI is InChI=1S/C20H23ClN2O4/c1-23(2)20(26)18(22-21)13-15-5-10-17(11-6-15)27-16-8-3-14(4-9-16)7-12-19(24)25/h3-6,8-11,18,22H,7,12-13H2,1-2H3,(H,24,25)/t18-/m0/s1. The van der Waals surface area contributed by atoms with Gasteiger partial charge < -0.3 is 14.7 Å². The lowest BCUT2D eigenvalue weighted by Gasteiger charge is -2.19. The first-order valence-corrected chi connectivity index (χ1v) is 8.91. The molecule has 0 fully saturated rings. The van der Waals surface area contributed by atoms with Gasteiger partial charge in [0.2, 0.25) is 5.91 Å². The highest BCUT2D eigenvalue weighted by molar-refractivity contribution is 6.15. The van der Waals surface area contributed by atoms with Crippen LogP contribution in [0.25, 0.3) is 0 Å². The third-order valence-corrected chi connectivity index (χ3v) is 4.28. The summed E-state index contributed by atoms with van der Waals surface area (Å²) in [5, 5.41) is 8.72. The van der Waals surface area contributed by atoms with Gasteiger partial charge in [-0.2, -0.15) is 0 Å². The number of hydrogen-bond acceptors (Lipinski definition) is 4. The summed E-state index contributed by atoms with van der Waals surface area (Å²) in [5.74, 6) is 0.443. The molecule has 0 unspecified atom stereocenters. The molecule has 0 aliphatic carbocycles. The number of amides is 1. The molecule has 0 spiro atoms. The number of hydrogen-bond donors (Lipinski definition) is 2. The third-order valence-electron chi connectivity index (χ3n) is 4.02. The number of aryl methyl sites for hydroxylation is 1. The molecule has 144 valence electrons. The van der Waals surface area contributed by atoms with Crippen LogP contribution in [-0.2, 0) is 22.4 Å². The minimum absolute atomic E-state index is 0.0895. The SMILES string of the molecule is CN(C)C(=O)[C@H](Cc1ccc(Oc2ccc(CCC(=O)O)cc2)cc1)NCl. The van der Waals surface area contributed by atoms with Crippen LogP contribution in [0.2, 0.25) is 0 Å². The minimum Gasteiger partial charge on any atom is -0.481 e. The first-order valence-electron chi connectivity index (χ1n) is 8.54. The molecule has 0 aliphatic heterocycles. The molecule has 0 saturated heterocycles. The Morgan fingerprint density at radius 3 is 2.00 bits per heavy atom. The number of carboxylic acids is 1. The Morgan fingerprint density at radius 1 is 1.04 bits per heavy atom. The summed E-state index contributed by atoms with van der Waals surface area (Å²) in [6.07, 6.45) is 1.07. The number of benzene rings is 2. The largest absolute Gasteiger partial charge is 0.481 e. The predicted octanol–water partition coefficient (Wildman–Crippen LogP) is 3.24. The number of aliphatic carboxylic acids is 1. The highest BCUT2D eigenvalue weighted by Crippen LogP contribution is 2.23. The zero-order valence-electron chi connectivity index (χ0n) is 15.3. The Kier molecular flexibility index (Phi) is 7.64. The van der Waals surface area contributed by atoms with Crippen LogP contribution in [0.3, 0.4) is 0 Å². The van der Waals surface area contributed by atoms with Gasteiger partial charge in [-0.1, -0.05) is 24.3 Å². The van der Waals surface area contributed by atoms with E-state index in [4.69, 9.17) is 21.6 Å². The first-order chi connectivity index (χ1) is 12.9. The summed E-state index contributed by atoms with van der Waals surface area (Å²) in [6, 6.07) is 14.3. The summed E-state index contributed by atoms with van der Waals surface area (Å²) >= 11 is 5.69. The van der Waals surface area contributed by atoms with E-state index in [1.54, 1.807) is 14.1 Å². The number of carboxylic acid groups (broad SMARTS) is 1. The lowest BCUT2D eigenvalue weighted by Crippen LogP contribution is -2.41.